The maximum Gasteiger partial charge on any atom is 0.340 e. The Labute approximate surface area is 134 Å². The molecule has 0 saturated heterocycles. The number of aromatic nitrogens is 2. The summed E-state index contributed by atoms with van der Waals surface area (Å²) in [7, 11) is 0. The molecule has 1 fully saturated rings. The lowest BCUT2D eigenvalue weighted by Gasteiger charge is -2.30. The molecule has 1 aromatic rings. The van der Waals surface area contributed by atoms with Gasteiger partial charge in [-0.05, 0) is 46.5 Å². The van der Waals surface area contributed by atoms with Crippen LogP contribution in [0.15, 0.2) is 6.20 Å². The zero-order chi connectivity index (χ0) is 16.5. The van der Waals surface area contributed by atoms with Crippen LogP contribution < -0.4 is 0 Å². The summed E-state index contributed by atoms with van der Waals surface area (Å²) in [5.41, 5.74) is -0.466. The summed E-state index contributed by atoms with van der Waals surface area (Å²) < 4.78 is 6.96. The first-order chi connectivity index (χ1) is 10.2. The van der Waals surface area contributed by atoms with Crippen molar-refractivity contribution in [2.75, 3.05) is 0 Å². The molecule has 0 spiro atoms. The maximum atomic E-state index is 12.1. The van der Waals surface area contributed by atoms with Gasteiger partial charge in [0.25, 0.3) is 0 Å². The van der Waals surface area contributed by atoms with Crippen molar-refractivity contribution in [3.05, 3.63) is 16.9 Å². The van der Waals surface area contributed by atoms with E-state index >= 15 is 0 Å². The minimum atomic E-state index is -1.08. The fraction of sp³-hybridized carbons (Fsp3) is 0.667. The third-order valence-electron chi connectivity index (χ3n) is 3.75. The van der Waals surface area contributed by atoms with Gasteiger partial charge in [-0.2, -0.15) is 5.10 Å². The molecule has 1 heterocycles. The first-order valence-electron chi connectivity index (χ1n) is 7.38. The highest BCUT2D eigenvalue weighted by molar-refractivity contribution is 6.32. The van der Waals surface area contributed by atoms with E-state index in [4.69, 9.17) is 21.4 Å². The van der Waals surface area contributed by atoms with Gasteiger partial charge >= 0.3 is 11.9 Å². The minimum absolute atomic E-state index is 0.0101. The topological polar surface area (TPSA) is 81.4 Å². The third kappa shape index (κ3) is 3.80. The molecule has 0 atom stereocenters. The predicted octanol–water partition coefficient (Wildman–Crippen LogP) is 3.31. The van der Waals surface area contributed by atoms with E-state index in [0.717, 1.165) is 12.8 Å². The van der Waals surface area contributed by atoms with E-state index in [0.29, 0.717) is 12.8 Å². The lowest BCUT2D eigenvalue weighted by atomic mass is 9.86. The highest BCUT2D eigenvalue weighted by atomic mass is 35.5. The van der Waals surface area contributed by atoms with Crippen LogP contribution in [-0.2, 0) is 9.53 Å². The lowest BCUT2D eigenvalue weighted by Crippen LogP contribution is -2.31. The van der Waals surface area contributed by atoms with Crippen LogP contribution in [0.1, 0.15) is 62.9 Å². The normalized spacial score (nSPS) is 22.4. The molecular formula is C15H21ClN2O4. The second kappa shape index (κ2) is 6.28. The number of aromatic carboxylic acids is 1. The quantitative estimate of drug-likeness (QED) is 0.861. The molecule has 0 bridgehead atoms. The van der Waals surface area contributed by atoms with Gasteiger partial charge in [-0.3, -0.25) is 9.48 Å². The van der Waals surface area contributed by atoms with Gasteiger partial charge in [-0.1, -0.05) is 11.6 Å². The average molecular weight is 329 g/mol. The molecule has 7 heteroatoms. The van der Waals surface area contributed by atoms with Gasteiger partial charge in [-0.25, -0.2) is 4.79 Å². The van der Waals surface area contributed by atoms with Crippen LogP contribution in [0.25, 0.3) is 0 Å². The molecule has 22 heavy (non-hydrogen) atoms. The van der Waals surface area contributed by atoms with Gasteiger partial charge < -0.3 is 9.84 Å². The zero-order valence-corrected chi connectivity index (χ0v) is 13.8. The third-order valence-corrected chi connectivity index (χ3v) is 4.12. The van der Waals surface area contributed by atoms with E-state index in [1.54, 1.807) is 4.68 Å². The van der Waals surface area contributed by atoms with E-state index in [9.17, 15) is 9.59 Å². The van der Waals surface area contributed by atoms with Crippen LogP contribution in [0.5, 0.6) is 0 Å². The Balaban J connectivity index is 1.98. The van der Waals surface area contributed by atoms with Crippen molar-refractivity contribution >= 4 is 23.5 Å². The number of carbonyl (C=O) groups excluding carboxylic acids is 1. The summed E-state index contributed by atoms with van der Waals surface area (Å²) >= 11 is 6.07. The molecule has 1 aliphatic carbocycles. The maximum absolute atomic E-state index is 12.1. The minimum Gasteiger partial charge on any atom is -0.478 e. The second-order valence-electron chi connectivity index (χ2n) is 6.64. The molecule has 1 aliphatic rings. The van der Waals surface area contributed by atoms with E-state index in [1.165, 1.54) is 6.20 Å². The molecule has 0 aliphatic heterocycles. The van der Waals surface area contributed by atoms with Crippen molar-refractivity contribution in [3.63, 3.8) is 0 Å². The summed E-state index contributed by atoms with van der Waals surface area (Å²) in [4.78, 5) is 23.1. The standard InChI is InChI=1S/C15H21ClN2O4/c1-15(2,3)22-14(21)9-4-6-10(7-5-9)18-12(16)11(8-17-18)13(19)20/h8-10H,4-7H2,1-3H3,(H,19,20). The number of esters is 1. The summed E-state index contributed by atoms with van der Waals surface area (Å²) in [6, 6.07) is 0.0271. The summed E-state index contributed by atoms with van der Waals surface area (Å²) in [5, 5.41) is 13.2. The Hall–Kier alpha value is -1.56. The Kier molecular flexibility index (Phi) is 4.80. The number of carboxylic acids is 1. The van der Waals surface area contributed by atoms with Crippen LogP contribution in [0.4, 0.5) is 0 Å². The number of ether oxygens (including phenoxy) is 1. The predicted molar refractivity (Wildman–Crippen MR) is 81.0 cm³/mol. The second-order valence-corrected chi connectivity index (χ2v) is 7.00. The largest absolute Gasteiger partial charge is 0.478 e. The molecule has 122 valence electrons. The smallest absolute Gasteiger partial charge is 0.340 e. The monoisotopic (exact) mass is 328 g/mol. The molecule has 0 unspecified atom stereocenters. The van der Waals surface area contributed by atoms with E-state index in [2.05, 4.69) is 5.10 Å². The van der Waals surface area contributed by atoms with Crippen LogP contribution in [0.3, 0.4) is 0 Å². The fourth-order valence-electron chi connectivity index (χ4n) is 2.69. The molecule has 0 aromatic carbocycles. The highest BCUT2D eigenvalue weighted by Crippen LogP contribution is 2.35. The van der Waals surface area contributed by atoms with Gasteiger partial charge in [0.05, 0.1) is 18.2 Å². The number of nitrogens with zero attached hydrogens (tertiary/aromatic N) is 2. The van der Waals surface area contributed by atoms with Crippen molar-refractivity contribution in [1.82, 2.24) is 9.78 Å². The lowest BCUT2D eigenvalue weighted by molar-refractivity contribution is -0.161. The molecule has 1 saturated carbocycles. The molecule has 0 radical (unpaired) electrons. The molecule has 1 aromatic heterocycles. The van der Waals surface area contributed by atoms with Crippen LogP contribution >= 0.6 is 11.6 Å². The first-order valence-corrected chi connectivity index (χ1v) is 7.76. The number of halogens is 1. The van der Waals surface area contributed by atoms with Gasteiger partial charge in [0.15, 0.2) is 0 Å². The molecular weight excluding hydrogens is 308 g/mol. The van der Waals surface area contributed by atoms with Crippen molar-refractivity contribution in [1.29, 1.82) is 0 Å². The fourth-order valence-corrected chi connectivity index (χ4v) is 3.00. The van der Waals surface area contributed by atoms with Crippen LogP contribution in [0.2, 0.25) is 5.15 Å². The molecule has 0 amide bonds. The summed E-state index contributed by atoms with van der Waals surface area (Å²) in [6.07, 6.45) is 4.11. The Morgan fingerprint density at radius 1 is 1.32 bits per heavy atom. The number of carbonyl (C=O) groups is 2. The Bertz CT molecular complexity index is 569. The number of rotatable bonds is 3. The molecule has 2 rings (SSSR count). The summed E-state index contributed by atoms with van der Waals surface area (Å²) in [5.74, 6) is -1.36. The van der Waals surface area contributed by atoms with Crippen molar-refractivity contribution in [2.24, 2.45) is 5.92 Å². The summed E-state index contributed by atoms with van der Waals surface area (Å²) in [6.45, 7) is 5.56. The van der Waals surface area contributed by atoms with Crippen LogP contribution in [0, 0.1) is 5.92 Å². The Morgan fingerprint density at radius 3 is 2.36 bits per heavy atom. The number of hydrogen-bond donors (Lipinski definition) is 1. The number of hydrogen-bond acceptors (Lipinski definition) is 4. The van der Waals surface area contributed by atoms with Crippen molar-refractivity contribution < 1.29 is 19.4 Å². The van der Waals surface area contributed by atoms with Crippen molar-refractivity contribution in [3.8, 4) is 0 Å². The number of carboxylic acid groups (broad SMARTS) is 1. The van der Waals surface area contributed by atoms with Crippen molar-refractivity contribution in [2.45, 2.75) is 58.1 Å². The molecule has 1 N–H and O–H groups in total. The van der Waals surface area contributed by atoms with E-state index in [-0.39, 0.29) is 28.6 Å². The molecule has 6 nitrogen and oxygen atoms in total. The van der Waals surface area contributed by atoms with Gasteiger partial charge in [0.2, 0.25) is 0 Å². The van der Waals surface area contributed by atoms with E-state index < -0.39 is 11.6 Å². The van der Waals surface area contributed by atoms with Gasteiger partial charge in [0.1, 0.15) is 16.3 Å². The first kappa shape index (κ1) is 16.8. The zero-order valence-electron chi connectivity index (χ0n) is 13.0. The van der Waals surface area contributed by atoms with E-state index in [1.807, 2.05) is 20.8 Å². The Morgan fingerprint density at radius 2 is 1.91 bits per heavy atom. The van der Waals surface area contributed by atoms with Gasteiger partial charge in [-0.15, -0.1) is 0 Å². The van der Waals surface area contributed by atoms with Gasteiger partial charge in [0, 0.05) is 0 Å². The highest BCUT2D eigenvalue weighted by Gasteiger charge is 2.32. The average Bonchev–Trinajstić information content (AvgIpc) is 2.79. The van der Waals surface area contributed by atoms with Crippen LogP contribution in [-0.4, -0.2) is 32.4 Å². The SMILES string of the molecule is CC(C)(C)OC(=O)C1CCC(n2ncc(C(=O)O)c2Cl)CC1.